The van der Waals surface area contributed by atoms with Gasteiger partial charge in [0.1, 0.15) is 22.2 Å². The summed E-state index contributed by atoms with van der Waals surface area (Å²) in [5, 5.41) is 0.366. The summed E-state index contributed by atoms with van der Waals surface area (Å²) in [5.74, 6) is -1.20. The van der Waals surface area contributed by atoms with Gasteiger partial charge in [0.05, 0.1) is 18.1 Å². The second kappa shape index (κ2) is 10.3. The monoisotopic (exact) mass is 521 g/mol. The van der Waals surface area contributed by atoms with Crippen molar-refractivity contribution in [3.05, 3.63) is 62.7 Å². The Kier molecular flexibility index (Phi) is 7.33. The third kappa shape index (κ3) is 5.13. The molecular weight excluding hydrogens is 500 g/mol. The van der Waals surface area contributed by atoms with Gasteiger partial charge in [-0.15, -0.1) is 0 Å². The van der Waals surface area contributed by atoms with E-state index in [1.54, 1.807) is 24.0 Å². The minimum Gasteiger partial charge on any atom is -0.481 e. The summed E-state index contributed by atoms with van der Waals surface area (Å²) in [7, 11) is 1.33. The Bertz CT molecular complexity index is 1360. The number of hydrogen-bond acceptors (Lipinski definition) is 6. The van der Waals surface area contributed by atoms with E-state index in [1.165, 1.54) is 25.3 Å². The Hall–Kier alpha value is -3.10. The van der Waals surface area contributed by atoms with Crippen LogP contribution in [0.4, 0.5) is 4.39 Å². The predicted molar refractivity (Wildman–Crippen MR) is 129 cm³/mol. The van der Waals surface area contributed by atoms with Crippen molar-refractivity contribution >= 4 is 46.0 Å². The average molecular weight is 522 g/mol. The van der Waals surface area contributed by atoms with Gasteiger partial charge in [0.25, 0.3) is 5.91 Å². The molecule has 1 aromatic heterocycles. The van der Waals surface area contributed by atoms with Gasteiger partial charge >= 0.3 is 11.6 Å². The molecular formula is C25H22Cl2FNO6. The Morgan fingerprint density at radius 2 is 1.97 bits per heavy atom. The van der Waals surface area contributed by atoms with E-state index in [9.17, 15) is 18.8 Å². The maximum absolute atomic E-state index is 13.5. The normalized spacial score (nSPS) is 16.7. The van der Waals surface area contributed by atoms with Crippen LogP contribution in [0.3, 0.4) is 0 Å². The van der Waals surface area contributed by atoms with Crippen molar-refractivity contribution in [1.82, 2.24) is 4.90 Å². The Labute approximate surface area is 210 Å². The number of rotatable bonds is 5. The lowest BCUT2D eigenvalue weighted by atomic mass is 9.98. The fourth-order valence-electron chi connectivity index (χ4n) is 4.24. The lowest BCUT2D eigenvalue weighted by Crippen LogP contribution is -2.47. The van der Waals surface area contributed by atoms with Crippen molar-refractivity contribution < 1.29 is 27.9 Å². The van der Waals surface area contributed by atoms with E-state index in [4.69, 9.17) is 37.1 Å². The number of likely N-dealkylation sites (tertiary alicyclic amines) is 1. The summed E-state index contributed by atoms with van der Waals surface area (Å²) in [6.45, 7) is 2.40. The maximum atomic E-state index is 13.5. The molecule has 35 heavy (non-hydrogen) atoms. The molecule has 0 aliphatic carbocycles. The summed E-state index contributed by atoms with van der Waals surface area (Å²) < 4.78 is 29.5. The molecule has 0 bridgehead atoms. The first-order valence-electron chi connectivity index (χ1n) is 10.9. The second-order valence-corrected chi connectivity index (χ2v) is 9.05. The third-order valence-corrected chi connectivity index (χ3v) is 6.61. The number of piperidine rings is 1. The number of amides is 1. The van der Waals surface area contributed by atoms with E-state index in [0.717, 1.165) is 6.07 Å². The van der Waals surface area contributed by atoms with Gasteiger partial charge in [0.2, 0.25) is 0 Å². The number of halogens is 3. The summed E-state index contributed by atoms with van der Waals surface area (Å²) in [6, 6.07) is 8.49. The van der Waals surface area contributed by atoms with Gasteiger partial charge in [-0.3, -0.25) is 9.59 Å². The number of esters is 1. The summed E-state index contributed by atoms with van der Waals surface area (Å²) >= 11 is 12.5. The minimum atomic E-state index is -0.853. The standard InChI is InChI=1S/C25H22Cl2FNO6/c1-13(23(30)29-9-3-4-14(12-29)24(31)33-2)34-16-6-8-18-20(11-16)35-25(32)22(27)21(18)17-7-5-15(28)10-19(17)26/h5-8,10-11,13-14H,3-4,9,12H2,1-2H3/t13-,14+/m1/s1. The second-order valence-electron chi connectivity index (χ2n) is 8.27. The van der Waals surface area contributed by atoms with Crippen molar-refractivity contribution in [2.45, 2.75) is 25.9 Å². The van der Waals surface area contributed by atoms with Crippen LogP contribution in [0.5, 0.6) is 5.75 Å². The molecule has 7 nitrogen and oxygen atoms in total. The van der Waals surface area contributed by atoms with Crippen molar-refractivity contribution in [2.24, 2.45) is 5.92 Å². The molecule has 2 aromatic carbocycles. The van der Waals surface area contributed by atoms with Gasteiger partial charge in [0, 0.05) is 35.7 Å². The van der Waals surface area contributed by atoms with E-state index in [-0.39, 0.29) is 40.0 Å². The topological polar surface area (TPSA) is 86.0 Å². The number of carbonyl (C=O) groups is 2. The highest BCUT2D eigenvalue weighted by Gasteiger charge is 2.31. The van der Waals surface area contributed by atoms with E-state index >= 15 is 0 Å². The van der Waals surface area contributed by atoms with Crippen LogP contribution < -0.4 is 10.4 Å². The SMILES string of the molecule is COC(=O)[C@H]1CCCN(C(=O)[C@@H](C)Oc2ccc3c(-c4ccc(F)cc4Cl)c(Cl)c(=O)oc3c2)C1. The Balaban J connectivity index is 1.60. The number of hydrogen-bond donors (Lipinski definition) is 0. The summed E-state index contributed by atoms with van der Waals surface area (Å²) in [6.07, 6.45) is 0.501. The van der Waals surface area contributed by atoms with Crippen LogP contribution in [-0.4, -0.2) is 43.1 Å². The van der Waals surface area contributed by atoms with Crippen LogP contribution in [0.1, 0.15) is 19.8 Å². The highest BCUT2D eigenvalue weighted by atomic mass is 35.5. The van der Waals surface area contributed by atoms with Crippen molar-refractivity contribution in [1.29, 1.82) is 0 Å². The number of fused-ring (bicyclic) bond motifs is 1. The lowest BCUT2D eigenvalue weighted by Gasteiger charge is -2.33. The zero-order chi connectivity index (χ0) is 25.3. The van der Waals surface area contributed by atoms with Gasteiger partial charge in [-0.25, -0.2) is 9.18 Å². The van der Waals surface area contributed by atoms with Gasteiger partial charge < -0.3 is 18.8 Å². The third-order valence-electron chi connectivity index (χ3n) is 5.95. The van der Waals surface area contributed by atoms with Crippen LogP contribution >= 0.6 is 23.2 Å². The molecule has 184 valence electrons. The van der Waals surface area contributed by atoms with E-state index in [2.05, 4.69) is 0 Å². The first-order valence-corrected chi connectivity index (χ1v) is 11.7. The summed E-state index contributed by atoms with van der Waals surface area (Å²) in [5.41, 5.74) is 0.0490. The van der Waals surface area contributed by atoms with Crippen LogP contribution in [0.25, 0.3) is 22.1 Å². The Morgan fingerprint density at radius 3 is 2.69 bits per heavy atom. The zero-order valence-electron chi connectivity index (χ0n) is 19.0. The minimum absolute atomic E-state index is 0.0881. The zero-order valence-corrected chi connectivity index (χ0v) is 20.5. The number of carbonyl (C=O) groups excluding carboxylic acids is 2. The molecule has 0 unspecified atom stereocenters. The van der Waals surface area contributed by atoms with Gasteiger partial charge in [-0.05, 0) is 50.1 Å². The van der Waals surface area contributed by atoms with Crippen LogP contribution in [-0.2, 0) is 14.3 Å². The highest BCUT2D eigenvalue weighted by Crippen LogP contribution is 2.38. The average Bonchev–Trinajstić information content (AvgIpc) is 2.84. The van der Waals surface area contributed by atoms with Crippen LogP contribution in [0.15, 0.2) is 45.6 Å². The molecule has 0 radical (unpaired) electrons. The van der Waals surface area contributed by atoms with E-state index in [0.29, 0.717) is 41.6 Å². The predicted octanol–water partition coefficient (Wildman–Crippen LogP) is 5.08. The fraction of sp³-hybridized carbons (Fsp3) is 0.320. The molecule has 10 heteroatoms. The fourth-order valence-corrected chi connectivity index (χ4v) is 4.74. The molecule has 0 N–H and O–H groups in total. The van der Waals surface area contributed by atoms with Crippen molar-refractivity contribution in [3.63, 3.8) is 0 Å². The molecule has 2 heterocycles. The molecule has 0 saturated carbocycles. The molecule has 4 rings (SSSR count). The number of ether oxygens (including phenoxy) is 2. The maximum Gasteiger partial charge on any atom is 0.355 e. The van der Waals surface area contributed by atoms with Gasteiger partial charge in [-0.2, -0.15) is 0 Å². The van der Waals surface area contributed by atoms with Crippen molar-refractivity contribution in [2.75, 3.05) is 20.2 Å². The van der Waals surface area contributed by atoms with Gasteiger partial charge in [0.15, 0.2) is 6.10 Å². The molecule has 3 aromatic rings. The molecule has 2 atom stereocenters. The molecule has 1 saturated heterocycles. The van der Waals surface area contributed by atoms with Crippen LogP contribution in [0, 0.1) is 11.7 Å². The van der Waals surface area contributed by atoms with E-state index < -0.39 is 17.5 Å². The molecule has 1 aliphatic heterocycles. The highest BCUT2D eigenvalue weighted by molar-refractivity contribution is 6.37. The largest absolute Gasteiger partial charge is 0.481 e. The smallest absolute Gasteiger partial charge is 0.355 e. The lowest BCUT2D eigenvalue weighted by molar-refractivity contribution is -0.150. The molecule has 1 fully saturated rings. The first kappa shape index (κ1) is 25.0. The number of methoxy groups -OCH3 is 1. The molecule has 1 aliphatic rings. The van der Waals surface area contributed by atoms with Crippen LogP contribution in [0.2, 0.25) is 10.0 Å². The number of nitrogens with zero attached hydrogens (tertiary/aromatic N) is 1. The van der Waals surface area contributed by atoms with Gasteiger partial charge in [-0.1, -0.05) is 23.2 Å². The molecule has 0 spiro atoms. The van der Waals surface area contributed by atoms with E-state index in [1.807, 2.05) is 0 Å². The molecule has 1 amide bonds. The quantitative estimate of drug-likeness (QED) is 0.343. The first-order chi connectivity index (χ1) is 16.7. The van der Waals surface area contributed by atoms with Crippen molar-refractivity contribution in [3.8, 4) is 16.9 Å². The number of benzene rings is 2. The Morgan fingerprint density at radius 1 is 1.20 bits per heavy atom. The summed E-state index contributed by atoms with van der Waals surface area (Å²) in [4.78, 5) is 38.8.